The minimum atomic E-state index is -0.442. The number of ether oxygens (including phenoxy) is 2. The van der Waals surface area contributed by atoms with Crippen molar-refractivity contribution >= 4 is 11.7 Å². The number of benzene rings is 1. The number of amides is 1. The van der Waals surface area contributed by atoms with Gasteiger partial charge >= 0.3 is 0 Å². The molecule has 0 fully saturated rings. The summed E-state index contributed by atoms with van der Waals surface area (Å²) in [6.07, 6.45) is 1.25. The topological polar surface area (TPSA) is 64.6 Å². The zero-order valence-electron chi connectivity index (χ0n) is 11.3. The number of hydrogen-bond acceptors (Lipinski definition) is 4. The van der Waals surface area contributed by atoms with Gasteiger partial charge in [0.05, 0.1) is 20.3 Å². The van der Waals surface area contributed by atoms with Gasteiger partial charge < -0.3 is 14.8 Å². The minimum absolute atomic E-state index is 0.0718. The summed E-state index contributed by atoms with van der Waals surface area (Å²) in [5.74, 6) is 0.960. The van der Waals surface area contributed by atoms with Crippen LogP contribution in [0.3, 0.4) is 0 Å². The second-order valence-electron chi connectivity index (χ2n) is 4.48. The van der Waals surface area contributed by atoms with Crippen molar-refractivity contribution in [1.29, 1.82) is 0 Å². The van der Waals surface area contributed by atoms with E-state index < -0.39 is 6.04 Å². The van der Waals surface area contributed by atoms with Crippen molar-refractivity contribution in [3.63, 3.8) is 0 Å². The second kappa shape index (κ2) is 5.30. The quantitative estimate of drug-likeness (QED) is 0.893. The van der Waals surface area contributed by atoms with Crippen molar-refractivity contribution in [2.24, 2.45) is 0 Å². The lowest BCUT2D eigenvalue weighted by atomic mass is 9.86. The molecule has 0 heterocycles. The smallest absolute Gasteiger partial charge is 0.217 e. The molecule has 1 amide bonds. The van der Waals surface area contributed by atoms with Crippen molar-refractivity contribution in [2.45, 2.75) is 25.8 Å². The maximum atomic E-state index is 12.3. The lowest BCUT2D eigenvalue weighted by Gasteiger charge is -2.25. The SMILES string of the molecule is COc1ccc2c(c1OC)CCC(NC(C)=O)C2=O. The number of hydrogen-bond donors (Lipinski definition) is 1. The Balaban J connectivity index is 2.40. The molecule has 1 aliphatic carbocycles. The van der Waals surface area contributed by atoms with E-state index in [1.54, 1.807) is 26.4 Å². The molecule has 1 N–H and O–H groups in total. The van der Waals surface area contributed by atoms with E-state index in [1.807, 2.05) is 0 Å². The number of carbonyl (C=O) groups excluding carboxylic acids is 2. The van der Waals surface area contributed by atoms with Crippen LogP contribution in [-0.2, 0) is 11.2 Å². The molecule has 5 heteroatoms. The number of fused-ring (bicyclic) bond motifs is 1. The van der Waals surface area contributed by atoms with Crippen LogP contribution in [0.2, 0.25) is 0 Å². The Hall–Kier alpha value is -2.04. The van der Waals surface area contributed by atoms with E-state index in [0.29, 0.717) is 29.9 Å². The fraction of sp³-hybridized carbons (Fsp3) is 0.429. The van der Waals surface area contributed by atoms with Gasteiger partial charge in [-0.2, -0.15) is 0 Å². The molecule has 19 heavy (non-hydrogen) atoms. The number of nitrogens with one attached hydrogen (secondary N) is 1. The average molecular weight is 263 g/mol. The van der Waals surface area contributed by atoms with Gasteiger partial charge in [0.1, 0.15) is 0 Å². The largest absolute Gasteiger partial charge is 0.493 e. The van der Waals surface area contributed by atoms with Crippen LogP contribution in [-0.4, -0.2) is 32.0 Å². The van der Waals surface area contributed by atoms with Gasteiger partial charge in [0.15, 0.2) is 17.3 Å². The highest BCUT2D eigenvalue weighted by Gasteiger charge is 2.30. The summed E-state index contributed by atoms with van der Waals surface area (Å²) in [4.78, 5) is 23.4. The molecule has 1 atom stereocenters. The molecule has 5 nitrogen and oxygen atoms in total. The van der Waals surface area contributed by atoms with Gasteiger partial charge in [-0.05, 0) is 25.0 Å². The molecule has 2 rings (SSSR count). The molecular weight excluding hydrogens is 246 g/mol. The molecule has 1 aromatic rings. The summed E-state index contributed by atoms with van der Waals surface area (Å²) in [5, 5.41) is 2.68. The highest BCUT2D eigenvalue weighted by atomic mass is 16.5. The van der Waals surface area contributed by atoms with Crippen LogP contribution in [0.25, 0.3) is 0 Å². The second-order valence-corrected chi connectivity index (χ2v) is 4.48. The summed E-state index contributed by atoms with van der Waals surface area (Å²) >= 11 is 0. The summed E-state index contributed by atoms with van der Waals surface area (Å²) in [7, 11) is 3.12. The van der Waals surface area contributed by atoms with Crippen molar-refractivity contribution in [3.8, 4) is 11.5 Å². The molecule has 0 radical (unpaired) electrons. The Morgan fingerprint density at radius 2 is 2.05 bits per heavy atom. The summed E-state index contributed by atoms with van der Waals surface area (Å²) < 4.78 is 10.6. The van der Waals surface area contributed by atoms with Gasteiger partial charge in [0, 0.05) is 18.1 Å². The standard InChI is InChI=1S/C14H17NO4/c1-8(16)15-11-6-4-10-9(13(11)17)5-7-12(18-2)14(10)19-3/h5,7,11H,4,6H2,1-3H3,(H,15,16). The Kier molecular flexibility index (Phi) is 3.74. The van der Waals surface area contributed by atoms with Crippen molar-refractivity contribution in [2.75, 3.05) is 14.2 Å². The predicted molar refractivity (Wildman–Crippen MR) is 69.8 cm³/mol. The first-order valence-corrected chi connectivity index (χ1v) is 6.13. The zero-order chi connectivity index (χ0) is 14.0. The number of methoxy groups -OCH3 is 2. The highest BCUT2D eigenvalue weighted by molar-refractivity contribution is 6.04. The number of ketones is 1. The summed E-state index contributed by atoms with van der Waals surface area (Å²) in [5.41, 5.74) is 1.45. The number of Topliss-reactive ketones (excluding diaryl/α,β-unsaturated/α-hetero) is 1. The number of carbonyl (C=O) groups is 2. The van der Waals surface area contributed by atoms with Crippen molar-refractivity contribution in [3.05, 3.63) is 23.3 Å². The Bertz CT molecular complexity index is 524. The van der Waals surface area contributed by atoms with Crippen LogP contribution in [0.5, 0.6) is 11.5 Å². The van der Waals surface area contributed by atoms with Gasteiger partial charge in [-0.25, -0.2) is 0 Å². The summed E-state index contributed by atoms with van der Waals surface area (Å²) in [6, 6.07) is 3.00. The average Bonchev–Trinajstić information content (AvgIpc) is 2.40. The molecule has 1 unspecified atom stereocenters. The highest BCUT2D eigenvalue weighted by Crippen LogP contribution is 2.37. The lowest BCUT2D eigenvalue weighted by molar-refractivity contribution is -0.119. The first kappa shape index (κ1) is 13.4. The maximum absolute atomic E-state index is 12.3. The molecular formula is C14H17NO4. The van der Waals surface area contributed by atoms with E-state index in [9.17, 15) is 9.59 Å². The van der Waals surface area contributed by atoms with Crippen LogP contribution in [0.1, 0.15) is 29.3 Å². The third-order valence-corrected chi connectivity index (χ3v) is 3.29. The van der Waals surface area contributed by atoms with E-state index in [2.05, 4.69) is 5.32 Å². The van der Waals surface area contributed by atoms with Crippen LogP contribution in [0, 0.1) is 0 Å². The molecule has 0 aliphatic heterocycles. The Labute approximate surface area is 111 Å². The molecule has 0 aromatic heterocycles. The monoisotopic (exact) mass is 263 g/mol. The molecule has 0 bridgehead atoms. The van der Waals surface area contributed by atoms with Gasteiger partial charge in [0.2, 0.25) is 5.91 Å². The van der Waals surface area contributed by atoms with Gasteiger partial charge in [-0.15, -0.1) is 0 Å². The maximum Gasteiger partial charge on any atom is 0.217 e. The van der Waals surface area contributed by atoms with Crippen LogP contribution in [0.15, 0.2) is 12.1 Å². The third-order valence-electron chi connectivity index (χ3n) is 3.29. The van der Waals surface area contributed by atoms with E-state index in [1.165, 1.54) is 6.92 Å². The van der Waals surface area contributed by atoms with Crippen LogP contribution >= 0.6 is 0 Å². The molecule has 0 spiro atoms. The Morgan fingerprint density at radius 1 is 1.32 bits per heavy atom. The first-order valence-electron chi connectivity index (χ1n) is 6.13. The first-order chi connectivity index (χ1) is 9.08. The predicted octanol–water partition coefficient (Wildman–Crippen LogP) is 1.34. The van der Waals surface area contributed by atoms with Gasteiger partial charge in [-0.3, -0.25) is 9.59 Å². The third kappa shape index (κ3) is 2.41. The number of rotatable bonds is 3. The van der Waals surface area contributed by atoms with Gasteiger partial charge in [-0.1, -0.05) is 0 Å². The Morgan fingerprint density at radius 3 is 2.63 bits per heavy atom. The van der Waals surface area contributed by atoms with Crippen LogP contribution < -0.4 is 14.8 Å². The minimum Gasteiger partial charge on any atom is -0.493 e. The van der Waals surface area contributed by atoms with E-state index in [-0.39, 0.29) is 11.7 Å². The van der Waals surface area contributed by atoms with E-state index in [0.717, 1.165) is 5.56 Å². The molecule has 0 saturated carbocycles. The fourth-order valence-corrected chi connectivity index (χ4v) is 2.46. The molecule has 1 aromatic carbocycles. The van der Waals surface area contributed by atoms with E-state index >= 15 is 0 Å². The normalized spacial score (nSPS) is 17.6. The van der Waals surface area contributed by atoms with Crippen LogP contribution in [0.4, 0.5) is 0 Å². The summed E-state index contributed by atoms with van der Waals surface area (Å²) in [6.45, 7) is 1.41. The molecule has 0 saturated heterocycles. The fourth-order valence-electron chi connectivity index (χ4n) is 2.46. The lowest BCUT2D eigenvalue weighted by Crippen LogP contribution is -2.42. The van der Waals surface area contributed by atoms with E-state index in [4.69, 9.17) is 9.47 Å². The molecule has 1 aliphatic rings. The molecule has 102 valence electrons. The van der Waals surface area contributed by atoms with Gasteiger partial charge in [0.25, 0.3) is 0 Å². The zero-order valence-corrected chi connectivity index (χ0v) is 11.3. The van der Waals surface area contributed by atoms with Crippen molar-refractivity contribution < 1.29 is 19.1 Å². The van der Waals surface area contributed by atoms with Crippen molar-refractivity contribution in [1.82, 2.24) is 5.32 Å².